The lowest BCUT2D eigenvalue weighted by Crippen LogP contribution is -2.27. The largest absolute Gasteiger partial charge is 0.455 e. The molecular formula is C30H27Cl3N2O2S. The third-order valence-electron chi connectivity index (χ3n) is 6.95. The van der Waals surface area contributed by atoms with Crippen LogP contribution in [0.3, 0.4) is 0 Å². The van der Waals surface area contributed by atoms with Crippen LogP contribution in [0.5, 0.6) is 0 Å². The molecule has 0 bridgehead atoms. The average molecular weight is 586 g/mol. The van der Waals surface area contributed by atoms with Gasteiger partial charge < -0.3 is 9.73 Å². The predicted molar refractivity (Wildman–Crippen MR) is 160 cm³/mol. The number of nitrogens with one attached hydrogen (secondary N) is 1. The van der Waals surface area contributed by atoms with E-state index in [0.29, 0.717) is 54.3 Å². The Morgan fingerprint density at radius 1 is 1.08 bits per heavy atom. The van der Waals surface area contributed by atoms with Crippen LogP contribution in [-0.2, 0) is 12.8 Å². The molecule has 0 radical (unpaired) electrons. The maximum atomic E-state index is 13.5. The molecule has 0 saturated carbocycles. The first-order valence-corrected chi connectivity index (χ1v) is 14.3. The number of fused-ring (bicyclic) bond motifs is 1. The number of carbonyl (C=O) groups excluding carboxylic acids is 1. The Hall–Kier alpha value is -2.57. The van der Waals surface area contributed by atoms with Gasteiger partial charge in [0.15, 0.2) is 0 Å². The Labute approximate surface area is 241 Å². The molecule has 1 aliphatic carbocycles. The number of thiophene rings is 1. The molecule has 8 heteroatoms. The van der Waals surface area contributed by atoms with Gasteiger partial charge >= 0.3 is 0 Å². The SMILES string of the molecule is CC(C)(C)[C@H]1CCc2c(sc(N=Cc3ccc(-c4cccc(Cl)c4Cl)o3)c2C(=O)Nc2ccc(Cl)cc2)C1. The van der Waals surface area contributed by atoms with Gasteiger partial charge in [-0.2, -0.15) is 0 Å². The molecule has 38 heavy (non-hydrogen) atoms. The fourth-order valence-electron chi connectivity index (χ4n) is 4.75. The van der Waals surface area contributed by atoms with Gasteiger partial charge in [-0.3, -0.25) is 4.79 Å². The topological polar surface area (TPSA) is 54.6 Å². The Morgan fingerprint density at radius 3 is 2.58 bits per heavy atom. The van der Waals surface area contributed by atoms with Crippen molar-refractivity contribution in [1.29, 1.82) is 0 Å². The molecule has 1 amide bonds. The summed E-state index contributed by atoms with van der Waals surface area (Å²) in [6, 6.07) is 16.2. The van der Waals surface area contributed by atoms with Crippen LogP contribution < -0.4 is 5.32 Å². The second-order valence-electron chi connectivity index (χ2n) is 10.5. The van der Waals surface area contributed by atoms with Crippen molar-refractivity contribution >= 4 is 68.9 Å². The van der Waals surface area contributed by atoms with Crippen molar-refractivity contribution in [2.75, 3.05) is 5.32 Å². The molecule has 1 aliphatic rings. The van der Waals surface area contributed by atoms with Crippen LogP contribution in [0.15, 0.2) is 64.0 Å². The summed E-state index contributed by atoms with van der Waals surface area (Å²) in [4.78, 5) is 19.5. The summed E-state index contributed by atoms with van der Waals surface area (Å²) in [5, 5.41) is 5.22. The number of halogens is 3. The lowest BCUT2D eigenvalue weighted by atomic mass is 9.72. The van der Waals surface area contributed by atoms with Crippen molar-refractivity contribution < 1.29 is 9.21 Å². The minimum atomic E-state index is -0.169. The molecule has 1 N–H and O–H groups in total. The highest BCUT2D eigenvalue weighted by atomic mass is 35.5. The van der Waals surface area contributed by atoms with E-state index in [9.17, 15) is 4.79 Å². The number of aliphatic imine (C=N–C) groups is 1. The molecule has 0 spiro atoms. The Bertz CT molecular complexity index is 1510. The van der Waals surface area contributed by atoms with Crippen LogP contribution in [0, 0.1) is 11.3 Å². The van der Waals surface area contributed by atoms with E-state index >= 15 is 0 Å². The Morgan fingerprint density at radius 2 is 1.84 bits per heavy atom. The molecule has 0 saturated heterocycles. The zero-order valence-corrected chi connectivity index (χ0v) is 24.4. The maximum absolute atomic E-state index is 13.5. The highest BCUT2D eigenvalue weighted by Gasteiger charge is 2.33. The van der Waals surface area contributed by atoms with Gasteiger partial charge in [0.2, 0.25) is 0 Å². The van der Waals surface area contributed by atoms with Gasteiger partial charge in [-0.1, -0.05) is 61.6 Å². The number of anilines is 1. The van der Waals surface area contributed by atoms with Crippen LogP contribution in [0.2, 0.25) is 15.1 Å². The fraction of sp³-hybridized carbons (Fsp3) is 0.267. The number of furan rings is 1. The third kappa shape index (κ3) is 5.72. The van der Waals surface area contributed by atoms with E-state index in [2.05, 4.69) is 26.1 Å². The summed E-state index contributed by atoms with van der Waals surface area (Å²) >= 11 is 20.1. The van der Waals surface area contributed by atoms with Crippen molar-refractivity contribution in [2.45, 2.75) is 40.0 Å². The summed E-state index contributed by atoms with van der Waals surface area (Å²) in [5.74, 6) is 1.53. The van der Waals surface area contributed by atoms with Gasteiger partial charge in [-0.05, 0) is 84.7 Å². The fourth-order valence-corrected chi connectivity index (χ4v) is 6.53. The average Bonchev–Trinajstić information content (AvgIpc) is 3.49. The van der Waals surface area contributed by atoms with E-state index in [4.69, 9.17) is 44.2 Å². The van der Waals surface area contributed by atoms with Crippen LogP contribution in [0.1, 0.15) is 53.8 Å². The highest BCUT2D eigenvalue weighted by molar-refractivity contribution is 7.16. The molecule has 5 rings (SSSR count). The molecule has 4 aromatic rings. The summed E-state index contributed by atoms with van der Waals surface area (Å²) in [5.41, 5.74) is 3.32. The normalized spacial score (nSPS) is 15.6. The predicted octanol–water partition coefficient (Wildman–Crippen LogP) is 10.1. The smallest absolute Gasteiger partial charge is 0.259 e. The van der Waals surface area contributed by atoms with Crippen molar-refractivity contribution in [3.63, 3.8) is 0 Å². The number of nitrogens with zero attached hydrogens (tertiary/aromatic N) is 1. The zero-order chi connectivity index (χ0) is 27.0. The Balaban J connectivity index is 1.47. The minimum absolute atomic E-state index is 0.169. The van der Waals surface area contributed by atoms with Crippen molar-refractivity contribution in [3.05, 3.63) is 91.4 Å². The first-order chi connectivity index (χ1) is 18.1. The summed E-state index contributed by atoms with van der Waals surface area (Å²) < 4.78 is 6.00. The first kappa shape index (κ1) is 27.0. The van der Waals surface area contributed by atoms with Crippen molar-refractivity contribution in [2.24, 2.45) is 16.3 Å². The second kappa shape index (κ2) is 10.9. The number of carbonyl (C=O) groups is 1. The quantitative estimate of drug-likeness (QED) is 0.237. The standard InChI is InChI=1S/C30H27Cl3N2O2S/c1-30(2,3)17-7-13-22-25(15-17)38-29(26(22)28(36)35-19-10-8-18(31)9-11-19)34-16-20-12-14-24(37-20)21-5-4-6-23(32)27(21)33/h4-6,8-12,14,16-17H,7,13,15H2,1-3H3,(H,35,36)/t17-/m0/s1. The molecule has 4 nitrogen and oxygen atoms in total. The zero-order valence-electron chi connectivity index (χ0n) is 21.3. The molecule has 1 atom stereocenters. The summed E-state index contributed by atoms with van der Waals surface area (Å²) in [6.07, 6.45) is 4.49. The molecule has 0 fully saturated rings. The van der Waals surface area contributed by atoms with Crippen LogP contribution in [-0.4, -0.2) is 12.1 Å². The number of hydrogen-bond acceptors (Lipinski definition) is 4. The molecule has 2 heterocycles. The van der Waals surface area contributed by atoms with Gasteiger partial charge in [0.1, 0.15) is 16.5 Å². The van der Waals surface area contributed by atoms with Crippen LogP contribution in [0.4, 0.5) is 10.7 Å². The second-order valence-corrected chi connectivity index (χ2v) is 12.8. The maximum Gasteiger partial charge on any atom is 0.259 e. The van der Waals surface area contributed by atoms with E-state index in [1.165, 1.54) is 4.88 Å². The third-order valence-corrected chi connectivity index (χ3v) is 9.19. The molecule has 2 aromatic carbocycles. The van der Waals surface area contributed by atoms with Gasteiger partial charge in [-0.15, -0.1) is 11.3 Å². The van der Waals surface area contributed by atoms with E-state index in [-0.39, 0.29) is 11.3 Å². The molecular weight excluding hydrogens is 559 g/mol. The first-order valence-electron chi connectivity index (χ1n) is 12.4. The van der Waals surface area contributed by atoms with E-state index in [1.54, 1.807) is 47.9 Å². The van der Waals surface area contributed by atoms with Gasteiger partial charge in [0, 0.05) is 21.2 Å². The Kier molecular flexibility index (Phi) is 7.74. The monoisotopic (exact) mass is 584 g/mol. The van der Waals surface area contributed by atoms with Gasteiger partial charge in [0.25, 0.3) is 5.91 Å². The van der Waals surface area contributed by atoms with Crippen molar-refractivity contribution in [3.8, 4) is 11.3 Å². The molecule has 196 valence electrons. The van der Waals surface area contributed by atoms with E-state index in [1.807, 2.05) is 24.3 Å². The number of amides is 1. The molecule has 2 aromatic heterocycles. The van der Waals surface area contributed by atoms with Crippen LogP contribution >= 0.6 is 46.1 Å². The lowest BCUT2D eigenvalue weighted by molar-refractivity contribution is 0.102. The summed E-state index contributed by atoms with van der Waals surface area (Å²) in [6.45, 7) is 6.85. The number of hydrogen-bond donors (Lipinski definition) is 1. The van der Waals surface area contributed by atoms with Crippen molar-refractivity contribution in [1.82, 2.24) is 0 Å². The molecule has 0 aliphatic heterocycles. The lowest BCUT2D eigenvalue weighted by Gasteiger charge is -2.33. The number of benzene rings is 2. The highest BCUT2D eigenvalue weighted by Crippen LogP contribution is 2.45. The molecule has 0 unspecified atom stereocenters. The summed E-state index contributed by atoms with van der Waals surface area (Å²) in [7, 11) is 0. The number of rotatable bonds is 5. The van der Waals surface area contributed by atoms with E-state index < -0.39 is 0 Å². The van der Waals surface area contributed by atoms with E-state index in [0.717, 1.165) is 24.8 Å². The van der Waals surface area contributed by atoms with Crippen LogP contribution in [0.25, 0.3) is 11.3 Å². The van der Waals surface area contributed by atoms with Gasteiger partial charge in [0.05, 0.1) is 21.8 Å². The van der Waals surface area contributed by atoms with Gasteiger partial charge in [-0.25, -0.2) is 4.99 Å². The minimum Gasteiger partial charge on any atom is -0.455 e.